The molecule has 0 unspecified atom stereocenters. The molecule has 3 N–H and O–H groups in total. The number of carbonyl (C=O) groups excluding carboxylic acids is 1. The number of fused-ring (bicyclic) bond motifs is 1. The van der Waals surface area contributed by atoms with Gasteiger partial charge in [-0.1, -0.05) is 13.3 Å². The van der Waals surface area contributed by atoms with Gasteiger partial charge in [-0.3, -0.25) is 9.59 Å². The predicted molar refractivity (Wildman–Crippen MR) is 162 cm³/mol. The van der Waals surface area contributed by atoms with Crippen molar-refractivity contribution in [3.63, 3.8) is 0 Å². The van der Waals surface area contributed by atoms with Crippen molar-refractivity contribution >= 4 is 28.6 Å². The monoisotopic (exact) mass is 538 g/mol. The largest absolute Gasteiger partial charge is 0.354 e. The third-order valence-electron chi connectivity index (χ3n) is 7.50. The van der Waals surface area contributed by atoms with E-state index < -0.39 is 0 Å². The highest BCUT2D eigenvalue weighted by molar-refractivity contribution is 6.14. The van der Waals surface area contributed by atoms with Gasteiger partial charge >= 0.3 is 0 Å². The molecular formula is C32H38N6O2. The standard InChI is InChI=1S/C32H38N6O2/c1-5-7-23-16-22(4)36-32(40)28(23)20-35-31(39)27-17-25(18-29-26(27)10-13-38(29)21(2)3)24-8-6-9-30(34-19-24)37-14-11-33-12-15-37/h6,9-10,13,16-19,21,33H,5,7,11-12,14-15,20H2,1-4H3,(H,35,39)(H,36,40). The van der Waals surface area contributed by atoms with Crippen LogP contribution in [0.25, 0.3) is 16.5 Å². The van der Waals surface area contributed by atoms with Crippen LogP contribution in [0.5, 0.6) is 0 Å². The number of piperazine rings is 1. The van der Waals surface area contributed by atoms with E-state index in [4.69, 9.17) is 4.99 Å². The van der Waals surface area contributed by atoms with Gasteiger partial charge in [0.05, 0.1) is 0 Å². The van der Waals surface area contributed by atoms with E-state index in [0.717, 1.165) is 78.1 Å². The molecule has 5 rings (SSSR count). The van der Waals surface area contributed by atoms with Crippen molar-refractivity contribution in [3.05, 3.63) is 92.5 Å². The second kappa shape index (κ2) is 11.9. The fraction of sp³-hybridized carbons (Fsp3) is 0.375. The Bertz CT molecular complexity index is 1610. The van der Waals surface area contributed by atoms with Gasteiger partial charge in [-0.25, -0.2) is 4.99 Å². The number of aromatic nitrogens is 2. The van der Waals surface area contributed by atoms with Gasteiger partial charge in [0.25, 0.3) is 11.5 Å². The Balaban J connectivity index is 1.48. The van der Waals surface area contributed by atoms with E-state index >= 15 is 0 Å². The number of aryl methyl sites for hydroxylation is 2. The summed E-state index contributed by atoms with van der Waals surface area (Å²) in [6.07, 6.45) is 9.47. The topological polar surface area (TPSA) is 94.5 Å². The highest BCUT2D eigenvalue weighted by Crippen LogP contribution is 2.29. The summed E-state index contributed by atoms with van der Waals surface area (Å²) in [5.41, 5.74) is 8.86. The molecule has 208 valence electrons. The molecule has 0 bridgehead atoms. The molecule has 1 aromatic carbocycles. The van der Waals surface area contributed by atoms with Crippen molar-refractivity contribution < 1.29 is 4.79 Å². The van der Waals surface area contributed by atoms with E-state index in [2.05, 4.69) is 57.7 Å². The van der Waals surface area contributed by atoms with Crippen LogP contribution in [-0.4, -0.2) is 52.8 Å². The number of H-pyrrole nitrogens is 1. The van der Waals surface area contributed by atoms with Gasteiger partial charge in [-0.2, -0.15) is 0 Å². The summed E-state index contributed by atoms with van der Waals surface area (Å²) in [6, 6.07) is 8.23. The summed E-state index contributed by atoms with van der Waals surface area (Å²) in [5, 5.41) is 7.28. The lowest BCUT2D eigenvalue weighted by Crippen LogP contribution is -2.42. The number of benzene rings is 1. The average molecular weight is 539 g/mol. The molecule has 1 fully saturated rings. The Morgan fingerprint density at radius 1 is 1.20 bits per heavy atom. The normalized spacial score (nSPS) is 15.4. The van der Waals surface area contributed by atoms with Gasteiger partial charge < -0.3 is 25.1 Å². The Morgan fingerprint density at radius 3 is 2.75 bits per heavy atom. The molecule has 3 aromatic rings. The molecule has 40 heavy (non-hydrogen) atoms. The minimum Gasteiger partial charge on any atom is -0.354 e. The van der Waals surface area contributed by atoms with E-state index in [0.29, 0.717) is 11.1 Å². The number of aliphatic imine (C=N–C) groups is 1. The number of aromatic amines is 1. The molecule has 0 radical (unpaired) electrons. The summed E-state index contributed by atoms with van der Waals surface area (Å²) in [7, 11) is 0. The fourth-order valence-corrected chi connectivity index (χ4v) is 5.45. The van der Waals surface area contributed by atoms with E-state index in [-0.39, 0.29) is 24.1 Å². The zero-order valence-electron chi connectivity index (χ0n) is 23.8. The second-order valence-corrected chi connectivity index (χ2v) is 10.7. The van der Waals surface area contributed by atoms with Crippen LogP contribution in [-0.2, 0) is 13.0 Å². The second-order valence-electron chi connectivity index (χ2n) is 10.7. The van der Waals surface area contributed by atoms with Crippen LogP contribution in [0.1, 0.15) is 66.0 Å². The first-order valence-corrected chi connectivity index (χ1v) is 14.2. The third-order valence-corrected chi connectivity index (χ3v) is 7.50. The maximum Gasteiger partial charge on any atom is 0.253 e. The molecule has 1 saturated heterocycles. The Morgan fingerprint density at radius 2 is 2.00 bits per heavy atom. The molecule has 0 saturated carbocycles. The van der Waals surface area contributed by atoms with Crippen LogP contribution in [0.15, 0.2) is 64.0 Å². The summed E-state index contributed by atoms with van der Waals surface area (Å²) >= 11 is 0. The number of rotatable bonds is 8. The number of nitrogens with zero attached hydrogens (tertiary/aromatic N) is 3. The lowest BCUT2D eigenvalue weighted by molar-refractivity contribution is 0.0952. The molecule has 2 aliphatic rings. The fourth-order valence-electron chi connectivity index (χ4n) is 5.45. The van der Waals surface area contributed by atoms with Crippen LogP contribution in [0.3, 0.4) is 0 Å². The maximum absolute atomic E-state index is 13.7. The molecule has 0 spiro atoms. The highest BCUT2D eigenvalue weighted by atomic mass is 16.1. The first-order chi connectivity index (χ1) is 19.4. The molecule has 0 aliphatic carbocycles. The summed E-state index contributed by atoms with van der Waals surface area (Å²) in [6.45, 7) is 12.1. The zero-order chi connectivity index (χ0) is 28.2. The molecular weight excluding hydrogens is 500 g/mol. The number of pyridine rings is 1. The van der Waals surface area contributed by atoms with Gasteiger partial charge in [-0.15, -0.1) is 5.73 Å². The van der Waals surface area contributed by atoms with Crippen molar-refractivity contribution in [2.24, 2.45) is 4.99 Å². The first-order valence-electron chi connectivity index (χ1n) is 14.2. The smallest absolute Gasteiger partial charge is 0.253 e. The van der Waals surface area contributed by atoms with Gasteiger partial charge in [0.2, 0.25) is 0 Å². The molecule has 8 nitrogen and oxygen atoms in total. The van der Waals surface area contributed by atoms with E-state index in [1.165, 1.54) is 0 Å². The number of hydrogen-bond acceptors (Lipinski definition) is 5. The molecule has 0 atom stereocenters. The lowest BCUT2D eigenvalue weighted by Gasteiger charge is -2.29. The Kier molecular flexibility index (Phi) is 8.19. The Hall–Kier alpha value is -4.13. The number of amides is 1. The van der Waals surface area contributed by atoms with Gasteiger partial charge in [0.1, 0.15) is 5.82 Å². The minimum atomic E-state index is -0.217. The quantitative estimate of drug-likeness (QED) is 0.369. The van der Waals surface area contributed by atoms with E-state index in [1.807, 2.05) is 49.7 Å². The molecule has 2 aliphatic heterocycles. The maximum atomic E-state index is 13.7. The molecule has 4 heterocycles. The Labute approximate surface area is 235 Å². The lowest BCUT2D eigenvalue weighted by atomic mass is 10.00. The summed E-state index contributed by atoms with van der Waals surface area (Å²) in [4.78, 5) is 36.4. The van der Waals surface area contributed by atoms with Crippen LogP contribution >= 0.6 is 0 Å². The van der Waals surface area contributed by atoms with E-state index in [1.54, 1.807) is 0 Å². The average Bonchev–Trinajstić information content (AvgIpc) is 3.22. The first kappa shape index (κ1) is 27.4. The number of allylic oxidation sites excluding steroid dienone is 2. The molecule has 1 amide bonds. The van der Waals surface area contributed by atoms with Gasteiger partial charge in [-0.05, 0) is 74.7 Å². The number of carbonyl (C=O) groups is 1. The van der Waals surface area contributed by atoms with Gasteiger partial charge in [0, 0.05) is 84.5 Å². The van der Waals surface area contributed by atoms with Crippen LogP contribution in [0.2, 0.25) is 0 Å². The molecule has 8 heteroatoms. The van der Waals surface area contributed by atoms with Crippen LogP contribution < -0.4 is 16.2 Å². The van der Waals surface area contributed by atoms with Crippen molar-refractivity contribution in [2.45, 2.75) is 53.1 Å². The van der Waals surface area contributed by atoms with Gasteiger partial charge in [0.15, 0.2) is 0 Å². The van der Waals surface area contributed by atoms with Crippen molar-refractivity contribution in [1.82, 2.24) is 25.1 Å². The highest BCUT2D eigenvalue weighted by Gasteiger charge is 2.19. The molecule has 2 aromatic heterocycles. The number of hydrogen-bond donors (Lipinski definition) is 3. The van der Waals surface area contributed by atoms with Crippen molar-refractivity contribution in [1.29, 1.82) is 0 Å². The van der Waals surface area contributed by atoms with E-state index in [9.17, 15) is 9.59 Å². The number of nitrogens with one attached hydrogen (secondary N) is 3. The minimum absolute atomic E-state index is 0.147. The third kappa shape index (κ3) is 5.74. The summed E-state index contributed by atoms with van der Waals surface area (Å²) in [5.74, 6) is 0.699. The van der Waals surface area contributed by atoms with Crippen LogP contribution in [0.4, 0.5) is 0 Å². The zero-order valence-corrected chi connectivity index (χ0v) is 23.8. The van der Waals surface area contributed by atoms with Crippen LogP contribution in [0, 0.1) is 6.92 Å². The predicted octanol–water partition coefficient (Wildman–Crippen LogP) is 4.47. The van der Waals surface area contributed by atoms with Crippen molar-refractivity contribution in [3.8, 4) is 0 Å². The summed E-state index contributed by atoms with van der Waals surface area (Å²) < 4.78 is 2.17. The SMILES string of the molecule is CCCc1cc(C)[nH]c(=O)c1CNC(=O)c1cc(C2=C=CC=C(N3CCNCC3)N=C2)cc2c1ccn2C(C)C. The van der Waals surface area contributed by atoms with Crippen molar-refractivity contribution in [2.75, 3.05) is 26.2 Å².